The van der Waals surface area contributed by atoms with Crippen LogP contribution in [0.2, 0.25) is 0 Å². The maximum atomic E-state index is 13.0. The fraction of sp³-hybridized carbons (Fsp3) is 0.714. The normalized spacial score (nSPS) is 14.1. The highest BCUT2D eigenvalue weighted by Gasteiger charge is 2.30. The summed E-state index contributed by atoms with van der Waals surface area (Å²) in [7, 11) is 0. The van der Waals surface area contributed by atoms with Crippen LogP contribution in [0.3, 0.4) is 0 Å². The van der Waals surface area contributed by atoms with Crippen molar-refractivity contribution in [2.24, 2.45) is 17.2 Å². The minimum Gasteiger partial charge on any atom is -0.481 e. The molecule has 0 saturated heterocycles. The summed E-state index contributed by atoms with van der Waals surface area (Å²) in [4.78, 5) is 71.5. The molecule has 4 amide bonds. The zero-order valence-corrected chi connectivity index (χ0v) is 21.2. The molecule has 0 radical (unpaired) electrons. The van der Waals surface area contributed by atoms with Crippen molar-refractivity contribution >= 4 is 47.3 Å². The van der Waals surface area contributed by atoms with E-state index in [1.807, 2.05) is 0 Å². The molecule has 0 fully saturated rings. The number of hydrogen-bond acceptors (Lipinski definition) is 9. The summed E-state index contributed by atoms with van der Waals surface area (Å²) < 4.78 is 0. The van der Waals surface area contributed by atoms with E-state index in [0.29, 0.717) is 25.1 Å². The Hall–Kier alpha value is -2.91. The van der Waals surface area contributed by atoms with Crippen LogP contribution in [0.1, 0.15) is 51.4 Å². The second kappa shape index (κ2) is 18.4. The number of thioether (sulfide) groups is 1. The van der Waals surface area contributed by atoms with Crippen molar-refractivity contribution in [2.75, 3.05) is 18.6 Å². The smallest absolute Gasteiger partial charge is 0.326 e. The topological polar surface area (TPSA) is 257 Å². The Balaban J connectivity index is 5.47. The maximum Gasteiger partial charge on any atom is 0.326 e. The van der Waals surface area contributed by atoms with Gasteiger partial charge in [-0.1, -0.05) is 0 Å². The fourth-order valence-corrected chi connectivity index (χ4v) is 3.51. The molecule has 0 bridgehead atoms. The number of amides is 4. The quantitative estimate of drug-likeness (QED) is 0.0782. The van der Waals surface area contributed by atoms with Gasteiger partial charge < -0.3 is 43.4 Å². The van der Waals surface area contributed by atoms with Crippen molar-refractivity contribution in [1.82, 2.24) is 16.0 Å². The van der Waals surface area contributed by atoms with Crippen LogP contribution in [-0.4, -0.2) is 88.5 Å². The summed E-state index contributed by atoms with van der Waals surface area (Å²) in [6.45, 7) is 0.347. The van der Waals surface area contributed by atoms with Crippen LogP contribution in [0.4, 0.5) is 0 Å². The van der Waals surface area contributed by atoms with E-state index >= 15 is 0 Å². The SMILES string of the molecule is CSCCC(NC(=O)C(N)CCC(=O)O)C(=O)NC(CCCCN)C(=O)NC(CCC(N)=O)C(=O)O. The number of carbonyl (C=O) groups excluding carboxylic acids is 4. The summed E-state index contributed by atoms with van der Waals surface area (Å²) >= 11 is 1.42. The zero-order chi connectivity index (χ0) is 27.7. The van der Waals surface area contributed by atoms with Gasteiger partial charge in [0, 0.05) is 12.8 Å². The van der Waals surface area contributed by atoms with Crippen LogP contribution in [0.5, 0.6) is 0 Å². The second-order valence-electron chi connectivity index (χ2n) is 8.13. The summed E-state index contributed by atoms with van der Waals surface area (Å²) in [6.07, 6.45) is 2.24. The monoisotopic (exact) mass is 534 g/mol. The Kier molecular flexibility index (Phi) is 16.9. The van der Waals surface area contributed by atoms with Crippen molar-refractivity contribution in [3.63, 3.8) is 0 Å². The van der Waals surface area contributed by atoms with Gasteiger partial charge in [-0.15, -0.1) is 0 Å². The molecule has 11 N–H and O–H groups in total. The Morgan fingerprint density at radius 3 is 1.83 bits per heavy atom. The highest BCUT2D eigenvalue weighted by Crippen LogP contribution is 2.07. The molecule has 4 unspecified atom stereocenters. The van der Waals surface area contributed by atoms with Gasteiger partial charge >= 0.3 is 11.9 Å². The predicted octanol–water partition coefficient (Wildman–Crippen LogP) is -2.13. The number of primary amides is 1. The molecule has 0 aromatic heterocycles. The van der Waals surface area contributed by atoms with Gasteiger partial charge in [0.25, 0.3) is 0 Å². The van der Waals surface area contributed by atoms with Crippen molar-refractivity contribution in [2.45, 2.75) is 75.5 Å². The maximum absolute atomic E-state index is 13.0. The minimum absolute atomic E-state index is 0.121. The Morgan fingerprint density at radius 2 is 1.33 bits per heavy atom. The Morgan fingerprint density at radius 1 is 0.778 bits per heavy atom. The third-order valence-electron chi connectivity index (χ3n) is 5.12. The van der Waals surface area contributed by atoms with Gasteiger partial charge in [-0.3, -0.25) is 24.0 Å². The van der Waals surface area contributed by atoms with Crippen molar-refractivity contribution in [1.29, 1.82) is 0 Å². The first-order valence-corrected chi connectivity index (χ1v) is 12.9. The van der Waals surface area contributed by atoms with Crippen molar-refractivity contribution in [3.8, 4) is 0 Å². The predicted molar refractivity (Wildman–Crippen MR) is 133 cm³/mol. The molecule has 206 valence electrons. The number of carboxylic acids is 2. The molecule has 0 aliphatic rings. The van der Waals surface area contributed by atoms with E-state index in [4.69, 9.17) is 22.3 Å². The van der Waals surface area contributed by atoms with E-state index < -0.39 is 59.7 Å². The van der Waals surface area contributed by atoms with Gasteiger partial charge in [-0.25, -0.2) is 4.79 Å². The number of carboxylic acid groups (broad SMARTS) is 2. The van der Waals surface area contributed by atoms with E-state index in [1.165, 1.54) is 11.8 Å². The zero-order valence-electron chi connectivity index (χ0n) is 20.4. The fourth-order valence-electron chi connectivity index (χ4n) is 3.04. The van der Waals surface area contributed by atoms with Gasteiger partial charge in [0.2, 0.25) is 23.6 Å². The molecule has 0 heterocycles. The molecule has 0 spiro atoms. The Bertz CT molecular complexity index is 769. The highest BCUT2D eigenvalue weighted by molar-refractivity contribution is 7.98. The molecule has 0 saturated carbocycles. The molecule has 0 rings (SSSR count). The van der Waals surface area contributed by atoms with E-state index in [9.17, 15) is 33.9 Å². The average molecular weight is 535 g/mol. The van der Waals surface area contributed by atoms with Crippen LogP contribution in [0.25, 0.3) is 0 Å². The first-order valence-electron chi connectivity index (χ1n) is 11.5. The lowest BCUT2D eigenvalue weighted by molar-refractivity contribution is -0.142. The van der Waals surface area contributed by atoms with Crippen LogP contribution < -0.4 is 33.2 Å². The number of nitrogens with two attached hydrogens (primary N) is 3. The number of hydrogen-bond donors (Lipinski definition) is 8. The number of carbonyl (C=O) groups is 6. The Labute approximate surface area is 213 Å². The molecule has 0 aliphatic carbocycles. The van der Waals surface area contributed by atoms with E-state index in [1.54, 1.807) is 6.26 Å². The number of aliphatic carboxylic acids is 2. The standard InChI is InChI=1S/C21H38N6O8S/c1-36-11-9-14(25-18(31)12(23)5-8-17(29)30)20(33)26-13(4-2-3-10-22)19(32)27-15(21(34)35)6-7-16(24)28/h12-15H,2-11,22-23H2,1H3,(H2,24,28)(H,25,31)(H,26,33)(H,27,32)(H,29,30)(H,34,35). The average Bonchev–Trinajstić information content (AvgIpc) is 2.81. The summed E-state index contributed by atoms with van der Waals surface area (Å²) in [5.74, 6) is -4.88. The summed E-state index contributed by atoms with van der Waals surface area (Å²) in [5.41, 5.74) is 16.3. The van der Waals surface area contributed by atoms with Crippen LogP contribution in [-0.2, 0) is 28.8 Å². The van der Waals surface area contributed by atoms with Gasteiger partial charge in [0.1, 0.15) is 18.1 Å². The number of nitrogens with one attached hydrogen (secondary N) is 3. The van der Waals surface area contributed by atoms with E-state index in [-0.39, 0.29) is 38.5 Å². The lowest BCUT2D eigenvalue weighted by Gasteiger charge is -2.25. The lowest BCUT2D eigenvalue weighted by Crippen LogP contribution is -2.57. The lowest BCUT2D eigenvalue weighted by atomic mass is 10.1. The molecule has 0 aromatic carbocycles. The van der Waals surface area contributed by atoms with Gasteiger partial charge in [-0.2, -0.15) is 11.8 Å². The summed E-state index contributed by atoms with van der Waals surface area (Å²) in [6, 6.07) is -4.72. The number of unbranched alkanes of at least 4 members (excludes halogenated alkanes) is 1. The van der Waals surface area contributed by atoms with Gasteiger partial charge in [0.05, 0.1) is 6.04 Å². The van der Waals surface area contributed by atoms with Gasteiger partial charge in [-0.05, 0) is 57.1 Å². The molecule has 14 nitrogen and oxygen atoms in total. The van der Waals surface area contributed by atoms with Crippen LogP contribution in [0.15, 0.2) is 0 Å². The molecule has 0 aliphatic heterocycles. The van der Waals surface area contributed by atoms with E-state index in [2.05, 4.69) is 16.0 Å². The molecule has 15 heteroatoms. The van der Waals surface area contributed by atoms with Crippen molar-refractivity contribution < 1.29 is 39.0 Å². The van der Waals surface area contributed by atoms with Crippen LogP contribution in [0, 0.1) is 0 Å². The summed E-state index contributed by atoms with van der Waals surface area (Å²) in [5, 5.41) is 25.5. The van der Waals surface area contributed by atoms with Crippen LogP contribution >= 0.6 is 11.8 Å². The van der Waals surface area contributed by atoms with Crippen molar-refractivity contribution in [3.05, 3.63) is 0 Å². The number of rotatable bonds is 20. The second-order valence-corrected chi connectivity index (χ2v) is 9.12. The minimum atomic E-state index is -1.39. The molecular weight excluding hydrogens is 496 g/mol. The third kappa shape index (κ3) is 14.5. The molecule has 4 atom stereocenters. The first-order chi connectivity index (χ1) is 16.9. The molecule has 36 heavy (non-hydrogen) atoms. The molecular formula is C21H38N6O8S. The molecule has 0 aromatic rings. The first kappa shape index (κ1) is 33.1. The van der Waals surface area contributed by atoms with E-state index in [0.717, 1.165) is 0 Å². The largest absolute Gasteiger partial charge is 0.481 e. The third-order valence-corrected chi connectivity index (χ3v) is 5.77. The van der Waals surface area contributed by atoms with Gasteiger partial charge in [0.15, 0.2) is 0 Å². The highest BCUT2D eigenvalue weighted by atomic mass is 32.2.